The minimum Gasteiger partial charge on any atom is -0.464 e. The van der Waals surface area contributed by atoms with E-state index in [4.69, 9.17) is 4.74 Å². The molecule has 0 bridgehead atoms. The number of anilines is 1. The van der Waals surface area contributed by atoms with Gasteiger partial charge in [-0.15, -0.1) is 0 Å². The third kappa shape index (κ3) is 4.22. The van der Waals surface area contributed by atoms with Crippen molar-refractivity contribution < 1.29 is 18.7 Å². The van der Waals surface area contributed by atoms with Crippen molar-refractivity contribution in [3.63, 3.8) is 0 Å². The molecule has 0 aliphatic heterocycles. The van der Waals surface area contributed by atoms with E-state index in [0.29, 0.717) is 21.8 Å². The van der Waals surface area contributed by atoms with Gasteiger partial charge in [0.2, 0.25) is 0 Å². The van der Waals surface area contributed by atoms with E-state index in [-0.39, 0.29) is 10.8 Å². The first-order valence-corrected chi connectivity index (χ1v) is 10.0. The number of amides is 1. The Hall–Kier alpha value is -3.85. The molecule has 0 fully saturated rings. The highest BCUT2D eigenvalue weighted by atomic mass is 32.1. The molecule has 2 aromatic carbocycles. The maximum absolute atomic E-state index is 13.7. The number of methoxy groups -OCH3 is 1. The lowest BCUT2D eigenvalue weighted by molar-refractivity contribution is 0.0595. The fourth-order valence-corrected chi connectivity index (χ4v) is 3.97. The molecule has 1 N–H and O–H groups in total. The van der Waals surface area contributed by atoms with Crippen LogP contribution in [0.3, 0.4) is 0 Å². The molecule has 0 spiro atoms. The molecule has 7 nitrogen and oxygen atoms in total. The maximum atomic E-state index is 13.7. The number of ether oxygens (including phenoxy) is 1. The Kier molecular flexibility index (Phi) is 5.59. The molecule has 156 valence electrons. The molecule has 0 aliphatic rings. The predicted octanol–water partition coefficient (Wildman–Crippen LogP) is 4.39. The van der Waals surface area contributed by atoms with Gasteiger partial charge in [-0.3, -0.25) is 14.8 Å². The van der Waals surface area contributed by atoms with Crippen molar-refractivity contribution in [2.75, 3.05) is 12.4 Å². The average Bonchev–Trinajstić information content (AvgIpc) is 3.37. The van der Waals surface area contributed by atoms with Crippen LogP contribution in [0.2, 0.25) is 0 Å². The van der Waals surface area contributed by atoms with Gasteiger partial charge in [0.1, 0.15) is 11.5 Å². The molecule has 0 aliphatic carbocycles. The number of aromatic nitrogens is 3. The number of benzene rings is 2. The van der Waals surface area contributed by atoms with Gasteiger partial charge in [0.05, 0.1) is 17.7 Å². The SMILES string of the molecule is COC(=O)c1nc(NC(=O)c2cc(-c3ccccc3)nn2C)sc1-c1cccc(F)c1. The summed E-state index contributed by atoms with van der Waals surface area (Å²) >= 11 is 1.06. The third-order valence-electron chi connectivity index (χ3n) is 4.50. The summed E-state index contributed by atoms with van der Waals surface area (Å²) < 4.78 is 19.9. The van der Waals surface area contributed by atoms with Gasteiger partial charge >= 0.3 is 5.97 Å². The number of hydrogen-bond donors (Lipinski definition) is 1. The first-order chi connectivity index (χ1) is 15.0. The Morgan fingerprint density at radius 2 is 1.81 bits per heavy atom. The van der Waals surface area contributed by atoms with Crippen LogP contribution in [0.25, 0.3) is 21.7 Å². The molecular weight excluding hydrogens is 419 g/mol. The van der Waals surface area contributed by atoms with Crippen LogP contribution in [0.1, 0.15) is 21.0 Å². The van der Waals surface area contributed by atoms with E-state index in [9.17, 15) is 14.0 Å². The molecule has 0 atom stereocenters. The number of nitrogens with one attached hydrogen (secondary N) is 1. The molecule has 1 amide bonds. The minimum absolute atomic E-state index is 0.00313. The Labute approximate surface area is 181 Å². The van der Waals surface area contributed by atoms with Crippen molar-refractivity contribution in [2.45, 2.75) is 0 Å². The first-order valence-electron chi connectivity index (χ1n) is 9.22. The normalized spacial score (nSPS) is 10.7. The second-order valence-corrected chi connectivity index (χ2v) is 7.56. The Bertz CT molecular complexity index is 1270. The predicted molar refractivity (Wildman–Crippen MR) is 115 cm³/mol. The molecule has 2 heterocycles. The molecule has 9 heteroatoms. The Morgan fingerprint density at radius 3 is 2.52 bits per heavy atom. The number of halogens is 1. The quantitative estimate of drug-likeness (QED) is 0.469. The van der Waals surface area contributed by atoms with Crippen LogP contribution in [0, 0.1) is 5.82 Å². The number of esters is 1. The van der Waals surface area contributed by atoms with Crippen molar-refractivity contribution in [2.24, 2.45) is 7.05 Å². The summed E-state index contributed by atoms with van der Waals surface area (Å²) in [6, 6.07) is 16.9. The number of hydrogen-bond acceptors (Lipinski definition) is 6. The van der Waals surface area contributed by atoms with E-state index in [1.165, 1.54) is 30.0 Å². The highest BCUT2D eigenvalue weighted by Gasteiger charge is 2.23. The van der Waals surface area contributed by atoms with Gasteiger partial charge in [-0.1, -0.05) is 53.8 Å². The number of aryl methyl sites for hydroxylation is 1. The topological polar surface area (TPSA) is 86.1 Å². The van der Waals surface area contributed by atoms with Crippen LogP contribution < -0.4 is 5.32 Å². The summed E-state index contributed by atoms with van der Waals surface area (Å²) in [6.07, 6.45) is 0. The minimum atomic E-state index is -0.678. The zero-order valence-electron chi connectivity index (χ0n) is 16.6. The molecule has 2 aromatic heterocycles. The lowest BCUT2D eigenvalue weighted by Gasteiger charge is -2.01. The van der Waals surface area contributed by atoms with Crippen LogP contribution in [0.15, 0.2) is 60.7 Å². The highest BCUT2D eigenvalue weighted by Crippen LogP contribution is 2.34. The highest BCUT2D eigenvalue weighted by molar-refractivity contribution is 7.19. The zero-order valence-corrected chi connectivity index (χ0v) is 17.4. The van der Waals surface area contributed by atoms with Gasteiger partial charge in [-0.25, -0.2) is 14.2 Å². The molecule has 0 saturated heterocycles. The number of nitrogens with zero attached hydrogens (tertiary/aromatic N) is 3. The van der Waals surface area contributed by atoms with Crippen LogP contribution in [0.5, 0.6) is 0 Å². The fraction of sp³-hybridized carbons (Fsp3) is 0.0909. The van der Waals surface area contributed by atoms with Crippen LogP contribution in [0.4, 0.5) is 9.52 Å². The summed E-state index contributed by atoms with van der Waals surface area (Å²) in [5.41, 5.74) is 2.32. The van der Waals surface area contributed by atoms with Crippen molar-refractivity contribution >= 4 is 28.3 Å². The second kappa shape index (κ2) is 8.49. The van der Waals surface area contributed by atoms with Crippen molar-refractivity contribution in [1.82, 2.24) is 14.8 Å². The van der Waals surface area contributed by atoms with Gasteiger partial charge in [-0.2, -0.15) is 5.10 Å². The summed E-state index contributed by atoms with van der Waals surface area (Å²) in [4.78, 5) is 29.6. The van der Waals surface area contributed by atoms with Gasteiger partial charge in [0.15, 0.2) is 10.8 Å². The van der Waals surface area contributed by atoms with Gasteiger partial charge < -0.3 is 4.74 Å². The van der Waals surface area contributed by atoms with Crippen molar-refractivity contribution in [3.8, 4) is 21.7 Å². The number of thiazole rings is 1. The van der Waals surface area contributed by atoms with Crippen molar-refractivity contribution in [3.05, 3.63) is 77.9 Å². The lowest BCUT2D eigenvalue weighted by atomic mass is 10.1. The lowest BCUT2D eigenvalue weighted by Crippen LogP contribution is -2.16. The Morgan fingerprint density at radius 1 is 1.06 bits per heavy atom. The monoisotopic (exact) mass is 436 g/mol. The molecule has 0 saturated carbocycles. The maximum Gasteiger partial charge on any atom is 0.358 e. The number of rotatable bonds is 5. The van der Waals surface area contributed by atoms with Gasteiger partial charge in [-0.05, 0) is 23.8 Å². The third-order valence-corrected chi connectivity index (χ3v) is 5.52. The standard InChI is InChI=1S/C22H17FN4O3S/c1-27-17(12-16(26-27)13-7-4-3-5-8-13)20(28)25-22-24-18(21(29)30-2)19(31-22)14-9-6-10-15(23)11-14/h3-12H,1-2H3,(H,24,25,28). The molecule has 31 heavy (non-hydrogen) atoms. The van der Waals surface area contributed by atoms with E-state index in [0.717, 1.165) is 16.9 Å². The van der Waals surface area contributed by atoms with E-state index < -0.39 is 17.7 Å². The average molecular weight is 436 g/mol. The van der Waals surface area contributed by atoms with E-state index in [1.807, 2.05) is 30.3 Å². The van der Waals surface area contributed by atoms with Crippen molar-refractivity contribution in [1.29, 1.82) is 0 Å². The number of carbonyl (C=O) groups is 2. The second-order valence-electron chi connectivity index (χ2n) is 6.56. The van der Waals surface area contributed by atoms with E-state index in [1.54, 1.807) is 19.2 Å². The van der Waals surface area contributed by atoms with Crippen LogP contribution >= 0.6 is 11.3 Å². The smallest absolute Gasteiger partial charge is 0.358 e. The van der Waals surface area contributed by atoms with Crippen LogP contribution in [-0.4, -0.2) is 33.8 Å². The molecule has 4 aromatic rings. The Balaban J connectivity index is 1.65. The number of carbonyl (C=O) groups excluding carboxylic acids is 2. The van der Waals surface area contributed by atoms with Gasteiger partial charge in [0, 0.05) is 12.6 Å². The van der Waals surface area contributed by atoms with E-state index in [2.05, 4.69) is 15.4 Å². The van der Waals surface area contributed by atoms with Crippen LogP contribution in [-0.2, 0) is 11.8 Å². The fourth-order valence-electron chi connectivity index (χ4n) is 3.02. The molecule has 0 unspecified atom stereocenters. The summed E-state index contributed by atoms with van der Waals surface area (Å²) in [5, 5.41) is 7.27. The molecule has 0 radical (unpaired) electrons. The summed E-state index contributed by atoms with van der Waals surface area (Å²) in [5.74, 6) is -1.56. The largest absolute Gasteiger partial charge is 0.464 e. The molecular formula is C22H17FN4O3S. The summed E-state index contributed by atoms with van der Waals surface area (Å²) in [6.45, 7) is 0. The first kappa shape index (κ1) is 20.4. The van der Waals surface area contributed by atoms with E-state index >= 15 is 0 Å². The molecule has 4 rings (SSSR count). The van der Waals surface area contributed by atoms with Gasteiger partial charge in [0.25, 0.3) is 5.91 Å². The zero-order chi connectivity index (χ0) is 22.0. The summed E-state index contributed by atoms with van der Waals surface area (Å²) in [7, 11) is 2.90.